The normalized spacial score (nSPS) is 14.5. The maximum atomic E-state index is 12.8. The first kappa shape index (κ1) is 24.5. The Labute approximate surface area is 212 Å². The molecule has 0 atom stereocenters. The van der Waals surface area contributed by atoms with Gasteiger partial charge in [0.15, 0.2) is 0 Å². The second-order valence-electron chi connectivity index (χ2n) is 7.23. The highest BCUT2D eigenvalue weighted by molar-refractivity contribution is 8.18. The van der Waals surface area contributed by atoms with E-state index in [9.17, 15) is 29.8 Å². The Morgan fingerprint density at radius 2 is 1.63 bits per heavy atom. The molecule has 0 saturated carbocycles. The minimum Gasteiger partial charge on any atom is -0.268 e. The fourth-order valence-electron chi connectivity index (χ4n) is 3.18. The van der Waals surface area contributed by atoms with E-state index in [-0.39, 0.29) is 22.8 Å². The number of hydrogen-bond donors (Lipinski definition) is 0. The number of hydrogen-bond acceptors (Lipinski definition) is 8. The lowest BCUT2D eigenvalue weighted by Crippen LogP contribution is -2.27. The number of amides is 2. The number of rotatable bonds is 7. The number of nitro benzene ring substituents is 2. The Bertz CT molecular complexity index is 1380. The lowest BCUT2D eigenvalue weighted by atomic mass is 10.1. The molecule has 0 unspecified atom stereocenters. The van der Waals surface area contributed by atoms with E-state index in [1.165, 1.54) is 48.2 Å². The van der Waals surface area contributed by atoms with Gasteiger partial charge >= 0.3 is 0 Å². The Morgan fingerprint density at radius 1 is 0.943 bits per heavy atom. The fourth-order valence-corrected chi connectivity index (χ4v) is 5.04. The van der Waals surface area contributed by atoms with Gasteiger partial charge in [0.1, 0.15) is 0 Å². The number of thioether (sulfide) groups is 1. The van der Waals surface area contributed by atoms with Crippen molar-refractivity contribution in [2.24, 2.45) is 0 Å². The van der Waals surface area contributed by atoms with Crippen LogP contribution in [0, 0.1) is 20.2 Å². The number of nitro groups is 2. The standard InChI is InChI=1S/C23H14ClN3O6S2/c24-16-4-8-18(9-5-16)34-20-10-3-15(11-19(20)27(32)33)12-21-22(28)25(23(29)35-21)13-14-1-6-17(7-2-14)26(30)31/h1-12H,13H2/b21-12-. The van der Waals surface area contributed by atoms with E-state index in [1.807, 2.05) is 0 Å². The summed E-state index contributed by atoms with van der Waals surface area (Å²) in [7, 11) is 0. The van der Waals surface area contributed by atoms with Crippen LogP contribution in [0.2, 0.25) is 5.02 Å². The maximum Gasteiger partial charge on any atom is 0.293 e. The fraction of sp³-hybridized carbons (Fsp3) is 0.0435. The van der Waals surface area contributed by atoms with Crippen LogP contribution in [-0.2, 0) is 11.3 Å². The van der Waals surface area contributed by atoms with Crippen LogP contribution in [0.15, 0.2) is 81.4 Å². The quantitative estimate of drug-likeness (QED) is 0.192. The molecular weight excluding hydrogens is 514 g/mol. The van der Waals surface area contributed by atoms with Gasteiger partial charge in [0.05, 0.1) is 26.2 Å². The van der Waals surface area contributed by atoms with Gasteiger partial charge in [0, 0.05) is 28.1 Å². The van der Waals surface area contributed by atoms with Crippen LogP contribution >= 0.6 is 35.1 Å². The Balaban J connectivity index is 1.54. The average molecular weight is 528 g/mol. The summed E-state index contributed by atoms with van der Waals surface area (Å²) >= 11 is 7.83. The average Bonchev–Trinajstić information content (AvgIpc) is 3.09. The maximum absolute atomic E-state index is 12.8. The van der Waals surface area contributed by atoms with E-state index in [0.29, 0.717) is 21.0 Å². The first-order chi connectivity index (χ1) is 16.7. The highest BCUT2D eigenvalue weighted by Crippen LogP contribution is 2.38. The largest absolute Gasteiger partial charge is 0.293 e. The first-order valence-electron chi connectivity index (χ1n) is 9.92. The Morgan fingerprint density at radius 3 is 2.26 bits per heavy atom. The SMILES string of the molecule is O=C1S/C(=C\c2ccc(Sc3ccc(Cl)cc3)c([N+](=O)[O-])c2)C(=O)N1Cc1ccc([N+](=O)[O-])cc1. The van der Waals surface area contributed by atoms with Crippen LogP contribution < -0.4 is 0 Å². The van der Waals surface area contributed by atoms with Crippen molar-refractivity contribution in [3.63, 3.8) is 0 Å². The van der Waals surface area contributed by atoms with Crippen molar-refractivity contribution < 1.29 is 19.4 Å². The molecule has 9 nitrogen and oxygen atoms in total. The number of imide groups is 1. The highest BCUT2D eigenvalue weighted by Gasteiger charge is 2.35. The third kappa shape index (κ3) is 5.70. The van der Waals surface area contributed by atoms with Gasteiger partial charge in [0.2, 0.25) is 0 Å². The summed E-state index contributed by atoms with van der Waals surface area (Å²) in [5.74, 6) is -0.541. The molecule has 35 heavy (non-hydrogen) atoms. The summed E-state index contributed by atoms with van der Waals surface area (Å²) in [6.07, 6.45) is 1.43. The van der Waals surface area contributed by atoms with Crippen molar-refractivity contribution in [2.45, 2.75) is 16.3 Å². The molecule has 1 saturated heterocycles. The summed E-state index contributed by atoms with van der Waals surface area (Å²) < 4.78 is 0. The topological polar surface area (TPSA) is 124 Å². The minimum atomic E-state index is -0.541. The van der Waals surface area contributed by atoms with Crippen LogP contribution in [0.25, 0.3) is 6.08 Å². The summed E-state index contributed by atoms with van der Waals surface area (Å²) in [4.78, 5) is 49.0. The molecule has 1 aliphatic heterocycles. The molecule has 0 radical (unpaired) electrons. The van der Waals surface area contributed by atoms with Crippen molar-refractivity contribution in [3.05, 3.63) is 108 Å². The number of nitrogens with zero attached hydrogens (tertiary/aromatic N) is 3. The summed E-state index contributed by atoms with van der Waals surface area (Å²) in [5, 5.41) is 22.5. The number of carbonyl (C=O) groups is 2. The second-order valence-corrected chi connectivity index (χ2v) is 9.78. The van der Waals surface area contributed by atoms with Gasteiger partial charge in [-0.05, 0) is 59.3 Å². The van der Waals surface area contributed by atoms with Crippen LogP contribution in [0.5, 0.6) is 0 Å². The van der Waals surface area contributed by atoms with Crippen molar-refractivity contribution >= 4 is 63.7 Å². The van der Waals surface area contributed by atoms with Crippen molar-refractivity contribution in [1.29, 1.82) is 0 Å². The number of halogens is 1. The first-order valence-corrected chi connectivity index (χ1v) is 11.9. The molecule has 12 heteroatoms. The monoisotopic (exact) mass is 527 g/mol. The highest BCUT2D eigenvalue weighted by atomic mass is 35.5. The molecule has 0 aromatic heterocycles. The predicted octanol–water partition coefficient (Wildman–Crippen LogP) is 6.54. The molecule has 0 bridgehead atoms. The molecule has 1 heterocycles. The third-order valence-electron chi connectivity index (χ3n) is 4.88. The Kier molecular flexibility index (Phi) is 7.20. The zero-order valence-corrected chi connectivity index (χ0v) is 20.0. The van der Waals surface area contributed by atoms with E-state index in [0.717, 1.165) is 21.6 Å². The summed E-state index contributed by atoms with van der Waals surface area (Å²) in [6.45, 7) is -0.0448. The lowest BCUT2D eigenvalue weighted by molar-refractivity contribution is -0.387. The second kappa shape index (κ2) is 10.3. The van der Waals surface area contributed by atoms with Crippen molar-refractivity contribution in [3.8, 4) is 0 Å². The van der Waals surface area contributed by atoms with E-state index >= 15 is 0 Å². The van der Waals surface area contributed by atoms with Gasteiger partial charge in [-0.25, -0.2) is 0 Å². The van der Waals surface area contributed by atoms with E-state index in [4.69, 9.17) is 11.6 Å². The third-order valence-corrected chi connectivity index (χ3v) is 7.11. The molecule has 4 rings (SSSR count). The molecule has 3 aromatic rings. The number of carbonyl (C=O) groups excluding carboxylic acids is 2. The van der Waals surface area contributed by atoms with Crippen molar-refractivity contribution in [1.82, 2.24) is 4.90 Å². The van der Waals surface area contributed by atoms with Gasteiger partial charge in [-0.15, -0.1) is 0 Å². The summed E-state index contributed by atoms with van der Waals surface area (Å²) in [5.41, 5.74) is 0.724. The van der Waals surface area contributed by atoms with Gasteiger partial charge in [-0.2, -0.15) is 0 Å². The minimum absolute atomic E-state index is 0.0448. The van der Waals surface area contributed by atoms with E-state index in [2.05, 4.69) is 0 Å². The molecule has 1 fully saturated rings. The van der Waals surface area contributed by atoms with Gasteiger partial charge < -0.3 is 0 Å². The lowest BCUT2D eigenvalue weighted by Gasteiger charge is -2.12. The zero-order valence-electron chi connectivity index (χ0n) is 17.6. The van der Waals surface area contributed by atoms with Crippen LogP contribution in [0.3, 0.4) is 0 Å². The molecule has 2 amide bonds. The molecule has 0 spiro atoms. The molecule has 1 aliphatic rings. The van der Waals surface area contributed by atoms with Crippen LogP contribution in [-0.4, -0.2) is 25.9 Å². The van der Waals surface area contributed by atoms with Crippen LogP contribution in [0.4, 0.5) is 16.2 Å². The van der Waals surface area contributed by atoms with E-state index < -0.39 is 21.0 Å². The zero-order chi connectivity index (χ0) is 25.1. The predicted molar refractivity (Wildman–Crippen MR) is 133 cm³/mol. The van der Waals surface area contributed by atoms with Gasteiger partial charge in [-0.3, -0.25) is 34.7 Å². The molecular formula is C23H14ClN3O6S2. The number of non-ortho nitro benzene ring substituents is 1. The molecule has 0 N–H and O–H groups in total. The molecule has 3 aromatic carbocycles. The van der Waals surface area contributed by atoms with Gasteiger partial charge in [-0.1, -0.05) is 41.6 Å². The Hall–Kier alpha value is -3.67. The molecule has 176 valence electrons. The smallest absolute Gasteiger partial charge is 0.268 e. The molecule has 0 aliphatic carbocycles. The summed E-state index contributed by atoms with van der Waals surface area (Å²) in [6, 6.07) is 17.0. The van der Waals surface area contributed by atoms with E-state index in [1.54, 1.807) is 36.4 Å². The number of benzene rings is 3. The van der Waals surface area contributed by atoms with Crippen LogP contribution in [0.1, 0.15) is 11.1 Å². The van der Waals surface area contributed by atoms with Crippen molar-refractivity contribution in [2.75, 3.05) is 0 Å². The van der Waals surface area contributed by atoms with Gasteiger partial charge in [0.25, 0.3) is 22.5 Å².